The molecule has 0 spiro atoms. The third kappa shape index (κ3) is 4.05. The van der Waals surface area contributed by atoms with Crippen LogP contribution < -0.4 is 10.6 Å². The molecule has 4 aromatic heterocycles. The molecule has 1 amide bonds. The molecule has 0 fully saturated rings. The second-order valence-electron chi connectivity index (χ2n) is 7.73. The minimum Gasteiger partial charge on any atom is -0.440 e. The summed E-state index contributed by atoms with van der Waals surface area (Å²) in [4.78, 5) is 25.8. The van der Waals surface area contributed by atoms with Crippen molar-refractivity contribution in [1.29, 1.82) is 0 Å². The zero-order valence-corrected chi connectivity index (χ0v) is 18.4. The number of rotatable bonds is 6. The van der Waals surface area contributed by atoms with E-state index in [1.54, 1.807) is 17.1 Å². The van der Waals surface area contributed by atoms with Gasteiger partial charge in [0.2, 0.25) is 5.95 Å². The summed E-state index contributed by atoms with van der Waals surface area (Å²) in [5.74, 6) is 0.722. The van der Waals surface area contributed by atoms with Gasteiger partial charge in [0.05, 0.1) is 6.20 Å². The van der Waals surface area contributed by atoms with Crippen molar-refractivity contribution in [2.75, 3.05) is 5.32 Å². The summed E-state index contributed by atoms with van der Waals surface area (Å²) >= 11 is 0. The molecule has 166 valence electrons. The molecule has 0 saturated carbocycles. The average molecular weight is 442 g/mol. The lowest BCUT2D eigenvalue weighted by Crippen LogP contribution is -2.23. The molecule has 2 N–H and O–H groups in total. The predicted molar refractivity (Wildman–Crippen MR) is 123 cm³/mol. The van der Waals surface area contributed by atoms with Crippen LogP contribution in [0.3, 0.4) is 0 Å². The van der Waals surface area contributed by atoms with E-state index < -0.39 is 5.91 Å². The number of amides is 1. The SMILES string of the molecule is Cc1cnc(Nc2ccnn2C)nc1-c1coc(C(=O)NCc2ccc3ccn(C)c3c2)n1. The van der Waals surface area contributed by atoms with Gasteiger partial charge in [-0.1, -0.05) is 12.1 Å². The number of carbonyl (C=O) groups excluding carboxylic acids is 1. The van der Waals surface area contributed by atoms with Crippen molar-refractivity contribution in [1.82, 2.24) is 34.6 Å². The molecule has 4 heterocycles. The van der Waals surface area contributed by atoms with E-state index in [2.05, 4.69) is 42.8 Å². The normalized spacial score (nSPS) is 11.1. The van der Waals surface area contributed by atoms with Gasteiger partial charge in [-0.15, -0.1) is 0 Å². The van der Waals surface area contributed by atoms with Crippen molar-refractivity contribution in [3.05, 3.63) is 72.2 Å². The van der Waals surface area contributed by atoms with Crippen LogP contribution in [0.15, 0.2) is 59.6 Å². The third-order valence-corrected chi connectivity index (χ3v) is 5.38. The summed E-state index contributed by atoms with van der Waals surface area (Å²) in [6, 6.07) is 9.95. The Morgan fingerprint density at radius 1 is 1.15 bits per heavy atom. The monoisotopic (exact) mass is 442 g/mol. The van der Waals surface area contributed by atoms with Crippen LogP contribution >= 0.6 is 0 Å². The molecule has 0 aliphatic rings. The van der Waals surface area contributed by atoms with Gasteiger partial charge in [0.1, 0.15) is 23.5 Å². The lowest BCUT2D eigenvalue weighted by atomic mass is 10.1. The molecule has 0 bridgehead atoms. The van der Waals surface area contributed by atoms with Crippen LogP contribution in [0, 0.1) is 6.92 Å². The fraction of sp³-hybridized carbons (Fsp3) is 0.174. The van der Waals surface area contributed by atoms with Crippen LogP contribution in [-0.2, 0) is 20.6 Å². The lowest BCUT2D eigenvalue weighted by molar-refractivity contribution is 0.0916. The third-order valence-electron chi connectivity index (χ3n) is 5.38. The smallest absolute Gasteiger partial charge is 0.307 e. The molecular formula is C23H22N8O2. The average Bonchev–Trinajstić information content (AvgIpc) is 3.55. The van der Waals surface area contributed by atoms with Crippen LogP contribution in [0.25, 0.3) is 22.3 Å². The fourth-order valence-corrected chi connectivity index (χ4v) is 3.54. The van der Waals surface area contributed by atoms with Gasteiger partial charge < -0.3 is 19.6 Å². The number of aromatic nitrogens is 6. The number of hydrogen-bond donors (Lipinski definition) is 2. The summed E-state index contributed by atoms with van der Waals surface area (Å²) in [5, 5.41) is 11.2. The molecule has 33 heavy (non-hydrogen) atoms. The number of fused-ring (bicyclic) bond motifs is 1. The first-order valence-electron chi connectivity index (χ1n) is 10.3. The van der Waals surface area contributed by atoms with E-state index in [4.69, 9.17) is 4.42 Å². The van der Waals surface area contributed by atoms with Crippen molar-refractivity contribution < 1.29 is 9.21 Å². The van der Waals surface area contributed by atoms with Gasteiger partial charge in [-0.25, -0.2) is 15.0 Å². The first-order valence-corrected chi connectivity index (χ1v) is 10.3. The topological polar surface area (TPSA) is 116 Å². The molecule has 5 aromatic rings. The minimum absolute atomic E-state index is 0.0240. The highest BCUT2D eigenvalue weighted by Gasteiger charge is 2.17. The molecular weight excluding hydrogens is 420 g/mol. The first kappa shape index (κ1) is 20.4. The van der Waals surface area contributed by atoms with Crippen molar-refractivity contribution >= 4 is 28.6 Å². The highest BCUT2D eigenvalue weighted by atomic mass is 16.4. The van der Waals surface area contributed by atoms with E-state index in [1.807, 2.05) is 50.0 Å². The molecule has 10 heteroatoms. The van der Waals surface area contributed by atoms with E-state index in [0.717, 1.165) is 27.8 Å². The van der Waals surface area contributed by atoms with Gasteiger partial charge in [0.25, 0.3) is 5.89 Å². The standard InChI is InChI=1S/C23H22N8O2/c1-14-11-25-23(28-19-6-8-26-31(19)3)29-20(14)17-13-33-22(27-17)21(32)24-12-15-4-5-16-7-9-30(2)18(16)10-15/h4-11,13H,12H2,1-3H3,(H,24,32)(H,25,28,29). The van der Waals surface area contributed by atoms with E-state index in [-0.39, 0.29) is 5.89 Å². The maximum absolute atomic E-state index is 12.6. The number of oxazole rings is 1. The van der Waals surface area contributed by atoms with Gasteiger partial charge in [0, 0.05) is 44.6 Å². The second-order valence-corrected chi connectivity index (χ2v) is 7.73. The summed E-state index contributed by atoms with van der Waals surface area (Å²) in [6.45, 7) is 2.24. The summed E-state index contributed by atoms with van der Waals surface area (Å²) in [5.41, 5.74) is 3.93. The number of nitrogens with zero attached hydrogens (tertiary/aromatic N) is 6. The van der Waals surface area contributed by atoms with Gasteiger partial charge in [-0.3, -0.25) is 9.48 Å². The van der Waals surface area contributed by atoms with Crippen LogP contribution in [0.1, 0.15) is 21.8 Å². The molecule has 0 radical (unpaired) electrons. The Morgan fingerprint density at radius 2 is 2.03 bits per heavy atom. The zero-order valence-electron chi connectivity index (χ0n) is 18.4. The Kier molecular flexibility index (Phi) is 5.09. The Balaban J connectivity index is 1.31. The van der Waals surface area contributed by atoms with Crippen LogP contribution in [0.4, 0.5) is 11.8 Å². The summed E-state index contributed by atoms with van der Waals surface area (Å²) in [7, 11) is 3.81. The number of nitrogens with one attached hydrogen (secondary N) is 2. The minimum atomic E-state index is -0.395. The highest BCUT2D eigenvalue weighted by Crippen LogP contribution is 2.23. The summed E-state index contributed by atoms with van der Waals surface area (Å²) < 4.78 is 9.17. The number of aryl methyl sites for hydroxylation is 3. The van der Waals surface area contributed by atoms with Gasteiger partial charge in [-0.05, 0) is 35.6 Å². The Bertz CT molecular complexity index is 1460. The quantitative estimate of drug-likeness (QED) is 0.414. The molecule has 0 atom stereocenters. The van der Waals surface area contributed by atoms with Crippen molar-refractivity contribution in [2.24, 2.45) is 14.1 Å². The Labute approximate surface area is 189 Å². The number of anilines is 2. The van der Waals surface area contributed by atoms with Crippen molar-refractivity contribution in [3.63, 3.8) is 0 Å². The number of hydrogen-bond acceptors (Lipinski definition) is 7. The zero-order chi connectivity index (χ0) is 22.9. The molecule has 0 aliphatic carbocycles. The van der Waals surface area contributed by atoms with Gasteiger partial charge in [-0.2, -0.15) is 5.10 Å². The summed E-state index contributed by atoms with van der Waals surface area (Å²) in [6.07, 6.45) is 6.80. The van der Waals surface area contributed by atoms with E-state index >= 15 is 0 Å². The number of carbonyl (C=O) groups is 1. The Hall–Kier alpha value is -4.47. The van der Waals surface area contributed by atoms with Crippen molar-refractivity contribution in [3.8, 4) is 11.4 Å². The number of benzene rings is 1. The molecule has 10 nitrogen and oxygen atoms in total. The van der Waals surface area contributed by atoms with E-state index in [1.165, 1.54) is 6.26 Å². The van der Waals surface area contributed by atoms with Crippen molar-refractivity contribution in [2.45, 2.75) is 13.5 Å². The highest BCUT2D eigenvalue weighted by molar-refractivity contribution is 5.90. The molecule has 5 rings (SSSR count). The van der Waals surface area contributed by atoms with Crippen LogP contribution in [0.5, 0.6) is 0 Å². The van der Waals surface area contributed by atoms with E-state index in [9.17, 15) is 4.79 Å². The largest absolute Gasteiger partial charge is 0.440 e. The maximum atomic E-state index is 12.6. The van der Waals surface area contributed by atoms with E-state index in [0.29, 0.717) is 23.9 Å². The maximum Gasteiger partial charge on any atom is 0.307 e. The molecule has 0 unspecified atom stereocenters. The van der Waals surface area contributed by atoms with Crippen LogP contribution in [0.2, 0.25) is 0 Å². The molecule has 1 aromatic carbocycles. The predicted octanol–water partition coefficient (Wildman–Crippen LogP) is 3.34. The first-order chi connectivity index (χ1) is 16.0. The van der Waals surface area contributed by atoms with Crippen LogP contribution in [-0.4, -0.2) is 35.2 Å². The molecule has 0 aliphatic heterocycles. The fourth-order valence-electron chi connectivity index (χ4n) is 3.54. The molecule has 0 saturated heterocycles. The van der Waals surface area contributed by atoms with Gasteiger partial charge >= 0.3 is 5.91 Å². The second kappa shape index (κ2) is 8.23. The lowest BCUT2D eigenvalue weighted by Gasteiger charge is -2.07. The van der Waals surface area contributed by atoms with Gasteiger partial charge in [0.15, 0.2) is 0 Å². The Morgan fingerprint density at radius 3 is 2.85 bits per heavy atom.